The van der Waals surface area contributed by atoms with Gasteiger partial charge in [-0.3, -0.25) is 4.90 Å². The normalized spacial score (nSPS) is 15.3. The van der Waals surface area contributed by atoms with E-state index < -0.39 is 0 Å². The molecule has 3 nitrogen and oxygen atoms in total. The lowest BCUT2D eigenvalue weighted by Gasteiger charge is -2.26. The smallest absolute Gasteiger partial charge is 0.0594 e. The number of nitrogens with zero attached hydrogens (tertiary/aromatic N) is 1. The van der Waals surface area contributed by atoms with Gasteiger partial charge in [-0.1, -0.05) is 47.5 Å². The molecule has 0 bridgehead atoms. The van der Waals surface area contributed by atoms with Crippen LogP contribution in [0, 0.1) is 5.92 Å². The summed E-state index contributed by atoms with van der Waals surface area (Å²) >= 11 is 0. The molecule has 118 valence electrons. The Morgan fingerprint density at radius 1 is 1.11 bits per heavy atom. The van der Waals surface area contributed by atoms with E-state index in [0.29, 0.717) is 5.92 Å². The fourth-order valence-corrected chi connectivity index (χ4v) is 1.74. The van der Waals surface area contributed by atoms with Gasteiger partial charge in [0, 0.05) is 26.8 Å². The van der Waals surface area contributed by atoms with Crippen LogP contribution in [0.2, 0.25) is 0 Å². The number of unbranched alkanes of at least 4 members (excludes halogenated alkanes) is 2. The molecule has 0 unspecified atom stereocenters. The van der Waals surface area contributed by atoms with Crippen molar-refractivity contribution in [3.8, 4) is 0 Å². The first-order valence-electron chi connectivity index (χ1n) is 7.99. The maximum absolute atomic E-state index is 5.26. The van der Waals surface area contributed by atoms with Crippen LogP contribution in [-0.4, -0.2) is 51.5 Å². The highest BCUT2D eigenvalue weighted by Gasteiger charge is 2.08. The van der Waals surface area contributed by atoms with Crippen molar-refractivity contribution in [2.45, 2.75) is 53.9 Å². The van der Waals surface area contributed by atoms with E-state index in [1.165, 1.54) is 25.8 Å². The fraction of sp³-hybridized carbons (Fsp3) is 1.00. The predicted molar refractivity (Wildman–Crippen MR) is 84.8 cm³/mol. The van der Waals surface area contributed by atoms with E-state index in [-0.39, 0.29) is 0 Å². The molecule has 0 radical (unpaired) electrons. The molecule has 0 spiro atoms. The molecular formula is C16H37NO2. The molecule has 1 aliphatic rings. The summed E-state index contributed by atoms with van der Waals surface area (Å²) in [5, 5.41) is 0. The molecule has 0 atom stereocenters. The lowest BCUT2D eigenvalue weighted by atomic mass is 10.2. The Balaban J connectivity index is 0. The molecule has 1 heterocycles. The van der Waals surface area contributed by atoms with Crippen LogP contribution in [0.3, 0.4) is 0 Å². The highest BCUT2D eigenvalue weighted by molar-refractivity contribution is 4.60. The molecule has 0 saturated carbocycles. The van der Waals surface area contributed by atoms with Crippen molar-refractivity contribution in [3.63, 3.8) is 0 Å². The van der Waals surface area contributed by atoms with Crippen LogP contribution < -0.4 is 0 Å². The molecule has 0 aliphatic carbocycles. The van der Waals surface area contributed by atoms with Crippen LogP contribution >= 0.6 is 0 Å². The van der Waals surface area contributed by atoms with Crippen molar-refractivity contribution in [2.24, 2.45) is 5.92 Å². The highest BCUT2D eigenvalue weighted by atomic mass is 16.5. The van der Waals surface area contributed by atoms with Crippen LogP contribution in [0.4, 0.5) is 0 Å². The third-order valence-corrected chi connectivity index (χ3v) is 2.68. The van der Waals surface area contributed by atoms with Crippen LogP contribution in [-0.2, 0) is 9.47 Å². The minimum atomic E-state index is 0.676. The molecule has 0 N–H and O–H groups in total. The van der Waals surface area contributed by atoms with Crippen LogP contribution in [0.1, 0.15) is 53.9 Å². The minimum absolute atomic E-state index is 0.676. The zero-order valence-corrected chi connectivity index (χ0v) is 14.2. The number of ether oxygens (including phenoxy) is 2. The molecule has 0 amide bonds. The quantitative estimate of drug-likeness (QED) is 0.688. The van der Waals surface area contributed by atoms with E-state index in [1.807, 2.05) is 13.8 Å². The van der Waals surface area contributed by atoms with Crippen molar-refractivity contribution in [1.82, 2.24) is 4.90 Å². The van der Waals surface area contributed by atoms with Crippen LogP contribution in [0.5, 0.6) is 0 Å². The van der Waals surface area contributed by atoms with Crippen LogP contribution in [0.25, 0.3) is 0 Å². The van der Waals surface area contributed by atoms with Gasteiger partial charge in [0.2, 0.25) is 0 Å². The highest BCUT2D eigenvalue weighted by Crippen LogP contribution is 2.01. The largest absolute Gasteiger partial charge is 0.384 e. The second-order valence-electron chi connectivity index (χ2n) is 5.01. The van der Waals surface area contributed by atoms with E-state index in [2.05, 4.69) is 25.7 Å². The van der Waals surface area contributed by atoms with Gasteiger partial charge in [0.1, 0.15) is 0 Å². The van der Waals surface area contributed by atoms with E-state index in [1.54, 1.807) is 7.11 Å². The van der Waals surface area contributed by atoms with Gasteiger partial charge in [0.05, 0.1) is 13.2 Å². The molecule has 1 fully saturated rings. The number of hydrogen-bond donors (Lipinski definition) is 0. The zero-order valence-electron chi connectivity index (χ0n) is 14.2. The first-order chi connectivity index (χ1) is 9.20. The molecule has 1 aliphatic heterocycles. The first-order valence-corrected chi connectivity index (χ1v) is 7.99. The van der Waals surface area contributed by atoms with Crippen molar-refractivity contribution < 1.29 is 9.47 Å². The number of hydrogen-bond acceptors (Lipinski definition) is 3. The van der Waals surface area contributed by atoms with E-state index in [9.17, 15) is 0 Å². The summed E-state index contributed by atoms with van der Waals surface area (Å²) < 4.78 is 10.1. The Kier molecular flexibility index (Phi) is 19.9. The Hall–Kier alpha value is -0.120. The number of rotatable bonds is 6. The van der Waals surface area contributed by atoms with Gasteiger partial charge in [-0.25, -0.2) is 0 Å². The molecule has 0 aromatic rings. The maximum Gasteiger partial charge on any atom is 0.0594 e. The van der Waals surface area contributed by atoms with Gasteiger partial charge in [-0.2, -0.15) is 0 Å². The number of morpholine rings is 1. The average Bonchev–Trinajstić information content (AvgIpc) is 2.43. The average molecular weight is 275 g/mol. The van der Waals surface area contributed by atoms with E-state index in [4.69, 9.17) is 9.47 Å². The summed E-state index contributed by atoms with van der Waals surface area (Å²) in [6, 6.07) is 0. The first kappa shape index (κ1) is 21.2. The van der Waals surface area contributed by atoms with Gasteiger partial charge in [0.15, 0.2) is 0 Å². The lowest BCUT2D eigenvalue weighted by Crippen LogP contribution is -2.36. The van der Waals surface area contributed by atoms with E-state index in [0.717, 1.165) is 32.9 Å². The summed E-state index contributed by atoms with van der Waals surface area (Å²) in [5.41, 5.74) is 0. The lowest BCUT2D eigenvalue weighted by molar-refractivity contribution is 0.0372. The summed E-state index contributed by atoms with van der Waals surface area (Å²) in [6.45, 7) is 16.8. The van der Waals surface area contributed by atoms with Gasteiger partial charge >= 0.3 is 0 Å². The van der Waals surface area contributed by atoms with Crippen LogP contribution in [0.15, 0.2) is 0 Å². The topological polar surface area (TPSA) is 21.7 Å². The second-order valence-corrected chi connectivity index (χ2v) is 5.01. The van der Waals surface area contributed by atoms with Gasteiger partial charge in [-0.05, 0) is 18.9 Å². The van der Waals surface area contributed by atoms with E-state index >= 15 is 0 Å². The van der Waals surface area contributed by atoms with Gasteiger partial charge < -0.3 is 9.47 Å². The Morgan fingerprint density at radius 3 is 2.05 bits per heavy atom. The predicted octanol–water partition coefficient (Wildman–Crippen LogP) is 3.82. The second kappa shape index (κ2) is 17.9. The molecule has 0 aromatic carbocycles. The van der Waals surface area contributed by atoms with Gasteiger partial charge in [-0.15, -0.1) is 0 Å². The van der Waals surface area contributed by atoms with Gasteiger partial charge in [0.25, 0.3) is 0 Å². The summed E-state index contributed by atoms with van der Waals surface area (Å²) in [6.07, 6.45) is 4.05. The number of methoxy groups -OCH3 is 1. The monoisotopic (exact) mass is 275 g/mol. The third kappa shape index (κ3) is 17.9. The molecule has 19 heavy (non-hydrogen) atoms. The summed E-state index contributed by atoms with van der Waals surface area (Å²) in [7, 11) is 1.72. The van der Waals surface area contributed by atoms with Crippen molar-refractivity contribution in [1.29, 1.82) is 0 Å². The molecule has 3 heteroatoms. The molecular weight excluding hydrogens is 238 g/mol. The SMILES string of the molecule is CC.CCCCCN1CCOCC1.COCC(C)C. The molecule has 1 saturated heterocycles. The molecule has 0 aromatic heterocycles. The summed E-state index contributed by atoms with van der Waals surface area (Å²) in [5.74, 6) is 0.676. The maximum atomic E-state index is 5.26. The standard InChI is InChI=1S/C9H19NO.C5H12O.C2H6/c1-2-3-4-5-10-6-8-11-9-7-10;1-5(2)4-6-3;1-2/h2-9H2,1H3;5H,4H2,1-3H3;1-2H3. The summed E-state index contributed by atoms with van der Waals surface area (Å²) in [4.78, 5) is 2.50. The third-order valence-electron chi connectivity index (χ3n) is 2.68. The Morgan fingerprint density at radius 2 is 1.68 bits per heavy atom. The zero-order chi connectivity index (χ0) is 14.9. The van der Waals surface area contributed by atoms with Crippen molar-refractivity contribution >= 4 is 0 Å². The minimum Gasteiger partial charge on any atom is -0.384 e. The fourth-order valence-electron chi connectivity index (χ4n) is 1.74. The Bertz CT molecular complexity index is 146. The Labute approximate surface area is 121 Å². The van der Waals surface area contributed by atoms with Crippen molar-refractivity contribution in [2.75, 3.05) is 46.6 Å². The van der Waals surface area contributed by atoms with Crippen molar-refractivity contribution in [3.05, 3.63) is 0 Å². The molecule has 1 rings (SSSR count).